The van der Waals surface area contributed by atoms with E-state index < -0.39 is 4.92 Å². The van der Waals surface area contributed by atoms with Gasteiger partial charge in [0.15, 0.2) is 16.6 Å². The fourth-order valence-electron chi connectivity index (χ4n) is 3.18. The van der Waals surface area contributed by atoms with Crippen molar-refractivity contribution in [2.75, 3.05) is 31.0 Å². The Balaban J connectivity index is 1.46. The maximum absolute atomic E-state index is 11.9. The molecule has 0 bridgehead atoms. The van der Waals surface area contributed by atoms with Crippen molar-refractivity contribution in [2.45, 2.75) is 0 Å². The molecule has 0 spiro atoms. The predicted molar refractivity (Wildman–Crippen MR) is 119 cm³/mol. The lowest BCUT2D eigenvalue weighted by Crippen LogP contribution is -2.15. The van der Waals surface area contributed by atoms with E-state index in [1.807, 2.05) is 12.1 Å². The van der Waals surface area contributed by atoms with Crippen molar-refractivity contribution in [3.63, 3.8) is 0 Å². The van der Waals surface area contributed by atoms with Gasteiger partial charge in [-0.2, -0.15) is 0 Å². The third-order valence-electron chi connectivity index (χ3n) is 4.63. The lowest BCUT2D eigenvalue weighted by Gasteiger charge is -2.19. The summed E-state index contributed by atoms with van der Waals surface area (Å²) in [6, 6.07) is 10.6. The van der Waals surface area contributed by atoms with E-state index in [1.54, 1.807) is 31.4 Å². The summed E-state index contributed by atoms with van der Waals surface area (Å²) in [6.45, 7) is 0.914. The fourth-order valence-corrected chi connectivity index (χ4v) is 4.07. The van der Waals surface area contributed by atoms with Crippen LogP contribution >= 0.6 is 11.3 Å². The largest absolute Gasteiger partial charge is 0.497 e. The van der Waals surface area contributed by atoms with Gasteiger partial charge >= 0.3 is 5.69 Å². The van der Waals surface area contributed by atoms with Crippen LogP contribution in [0.4, 0.5) is 28.1 Å². The molecule has 12 heteroatoms. The summed E-state index contributed by atoms with van der Waals surface area (Å²) in [5.41, 5.74) is 0.998. The van der Waals surface area contributed by atoms with Crippen molar-refractivity contribution in [2.24, 2.45) is 0 Å². The second kappa shape index (κ2) is 8.15. The molecule has 0 amide bonds. The van der Waals surface area contributed by atoms with Crippen molar-refractivity contribution in [1.29, 1.82) is 0 Å². The van der Waals surface area contributed by atoms with Gasteiger partial charge in [0.2, 0.25) is 11.6 Å². The molecule has 1 aliphatic heterocycles. The lowest BCUT2D eigenvalue weighted by atomic mass is 10.2. The molecule has 0 saturated heterocycles. The minimum atomic E-state index is -0.543. The molecular formula is C20H16N6O5S. The topological polar surface area (TPSA) is 134 Å². The molecule has 0 saturated carbocycles. The summed E-state index contributed by atoms with van der Waals surface area (Å²) in [5.74, 6) is 1.93. The number of hydrogen-bond donors (Lipinski definition) is 2. The first-order chi connectivity index (χ1) is 15.6. The maximum atomic E-state index is 11.9. The molecule has 2 N–H and O–H groups in total. The van der Waals surface area contributed by atoms with Crippen LogP contribution in [0, 0.1) is 10.1 Å². The standard InChI is InChI=1S/C20H16N6O5S/c1-29-12-3-4-13-16(9-12)32-20(24-13)25-19-17(26(27)28)18(21-10-22-19)23-11-2-5-14-15(8-11)31-7-6-30-14/h2-5,8-10H,6-7H2,1H3,(H2,21,22,23,24,25). The molecule has 0 aliphatic carbocycles. The number of nitro groups is 1. The molecular weight excluding hydrogens is 436 g/mol. The van der Waals surface area contributed by atoms with E-state index in [1.165, 1.54) is 17.7 Å². The molecule has 1 aliphatic rings. The van der Waals surface area contributed by atoms with Gasteiger partial charge in [-0.3, -0.25) is 10.1 Å². The van der Waals surface area contributed by atoms with Crippen LogP contribution in [0.1, 0.15) is 0 Å². The second-order valence-electron chi connectivity index (χ2n) is 6.64. The molecule has 2 aromatic carbocycles. The summed E-state index contributed by atoms with van der Waals surface area (Å²) in [4.78, 5) is 23.9. The monoisotopic (exact) mass is 452 g/mol. The Morgan fingerprint density at radius 3 is 2.62 bits per heavy atom. The van der Waals surface area contributed by atoms with E-state index in [4.69, 9.17) is 14.2 Å². The molecule has 162 valence electrons. The van der Waals surface area contributed by atoms with Gasteiger partial charge in [-0.15, -0.1) is 0 Å². The van der Waals surface area contributed by atoms with Gasteiger partial charge in [-0.1, -0.05) is 11.3 Å². The van der Waals surface area contributed by atoms with Crippen molar-refractivity contribution in [3.8, 4) is 17.2 Å². The molecule has 5 rings (SSSR count). The zero-order chi connectivity index (χ0) is 22.1. The second-order valence-corrected chi connectivity index (χ2v) is 7.67. The van der Waals surface area contributed by atoms with Crippen LogP contribution in [0.2, 0.25) is 0 Å². The molecule has 4 aromatic rings. The maximum Gasteiger partial charge on any atom is 0.353 e. The number of aromatic nitrogens is 3. The smallest absolute Gasteiger partial charge is 0.353 e. The summed E-state index contributed by atoms with van der Waals surface area (Å²) in [5, 5.41) is 18.3. The summed E-state index contributed by atoms with van der Waals surface area (Å²) >= 11 is 1.33. The fraction of sp³-hybridized carbons (Fsp3) is 0.150. The zero-order valence-electron chi connectivity index (χ0n) is 16.7. The van der Waals surface area contributed by atoms with E-state index in [0.29, 0.717) is 41.3 Å². The van der Waals surface area contributed by atoms with E-state index >= 15 is 0 Å². The van der Waals surface area contributed by atoms with Crippen molar-refractivity contribution in [3.05, 3.63) is 52.8 Å². The normalized spacial score (nSPS) is 12.4. The number of hydrogen-bond acceptors (Lipinski definition) is 11. The number of anilines is 4. The number of benzene rings is 2. The first kappa shape index (κ1) is 19.8. The van der Waals surface area contributed by atoms with Gasteiger partial charge in [0, 0.05) is 11.8 Å². The van der Waals surface area contributed by atoms with E-state index in [-0.39, 0.29) is 17.3 Å². The lowest BCUT2D eigenvalue weighted by molar-refractivity contribution is -0.383. The van der Waals surface area contributed by atoms with Crippen LogP contribution < -0.4 is 24.8 Å². The third-order valence-corrected chi connectivity index (χ3v) is 5.56. The van der Waals surface area contributed by atoms with Crippen LogP contribution in [0.5, 0.6) is 17.2 Å². The summed E-state index contributed by atoms with van der Waals surface area (Å²) in [7, 11) is 1.59. The SMILES string of the molecule is COc1ccc2nc(Nc3ncnc(Nc4ccc5c(c4)OCCO5)c3[N+](=O)[O-])sc2c1. The van der Waals surface area contributed by atoms with Gasteiger partial charge in [-0.05, 0) is 30.3 Å². The first-order valence-electron chi connectivity index (χ1n) is 9.48. The van der Waals surface area contributed by atoms with Gasteiger partial charge in [0.1, 0.15) is 25.3 Å². The van der Waals surface area contributed by atoms with E-state index in [9.17, 15) is 10.1 Å². The first-order valence-corrected chi connectivity index (χ1v) is 10.3. The minimum Gasteiger partial charge on any atom is -0.497 e. The van der Waals surface area contributed by atoms with Crippen LogP contribution in [0.25, 0.3) is 10.2 Å². The predicted octanol–water partition coefficient (Wildman–Crippen LogP) is 4.26. The highest BCUT2D eigenvalue weighted by atomic mass is 32.1. The van der Waals surface area contributed by atoms with Gasteiger partial charge in [-0.25, -0.2) is 15.0 Å². The van der Waals surface area contributed by atoms with Crippen molar-refractivity contribution < 1.29 is 19.1 Å². The van der Waals surface area contributed by atoms with E-state index in [0.717, 1.165) is 10.2 Å². The Kier molecular flexibility index (Phi) is 5.03. The molecule has 0 radical (unpaired) electrons. The van der Waals surface area contributed by atoms with Crippen LogP contribution in [0.15, 0.2) is 42.7 Å². The minimum absolute atomic E-state index is 0.0241. The summed E-state index contributed by atoms with van der Waals surface area (Å²) < 4.78 is 17.2. The van der Waals surface area contributed by atoms with Crippen molar-refractivity contribution >= 4 is 49.7 Å². The number of fused-ring (bicyclic) bond motifs is 2. The third kappa shape index (κ3) is 3.78. The molecule has 2 aromatic heterocycles. The zero-order valence-corrected chi connectivity index (χ0v) is 17.5. The molecule has 0 unspecified atom stereocenters. The Morgan fingerprint density at radius 1 is 1.06 bits per heavy atom. The number of nitrogens with one attached hydrogen (secondary N) is 2. The molecule has 11 nitrogen and oxygen atoms in total. The Bertz CT molecular complexity index is 1330. The van der Waals surface area contributed by atoms with Crippen LogP contribution in [-0.4, -0.2) is 40.2 Å². The van der Waals surface area contributed by atoms with E-state index in [2.05, 4.69) is 25.6 Å². The number of rotatable bonds is 6. The Morgan fingerprint density at radius 2 is 1.84 bits per heavy atom. The molecule has 32 heavy (non-hydrogen) atoms. The summed E-state index contributed by atoms with van der Waals surface area (Å²) in [6.07, 6.45) is 1.24. The van der Waals surface area contributed by atoms with Crippen LogP contribution in [-0.2, 0) is 0 Å². The highest BCUT2D eigenvalue weighted by Gasteiger charge is 2.25. The highest BCUT2D eigenvalue weighted by Crippen LogP contribution is 2.38. The Labute approximate surface area is 185 Å². The average molecular weight is 452 g/mol. The highest BCUT2D eigenvalue weighted by molar-refractivity contribution is 7.22. The molecule has 0 fully saturated rings. The number of nitrogens with zero attached hydrogens (tertiary/aromatic N) is 4. The van der Waals surface area contributed by atoms with Gasteiger partial charge < -0.3 is 24.8 Å². The van der Waals surface area contributed by atoms with Gasteiger partial charge in [0.05, 0.1) is 22.2 Å². The molecule has 0 atom stereocenters. The Hall–Kier alpha value is -4.19. The van der Waals surface area contributed by atoms with Crippen LogP contribution in [0.3, 0.4) is 0 Å². The quantitative estimate of drug-likeness (QED) is 0.323. The number of ether oxygens (including phenoxy) is 3. The average Bonchev–Trinajstić information content (AvgIpc) is 3.20. The number of thiazole rings is 1. The van der Waals surface area contributed by atoms with Crippen molar-refractivity contribution in [1.82, 2.24) is 15.0 Å². The number of methoxy groups -OCH3 is 1. The molecule has 3 heterocycles. The van der Waals surface area contributed by atoms with Gasteiger partial charge in [0.25, 0.3) is 0 Å².